The fourth-order valence-corrected chi connectivity index (χ4v) is 2.83. The zero-order valence-corrected chi connectivity index (χ0v) is 14.2. The zero-order valence-electron chi connectivity index (χ0n) is 13.5. The Kier molecular flexibility index (Phi) is 3.65. The molecule has 0 bridgehead atoms. The predicted octanol–water partition coefficient (Wildman–Crippen LogP) is 3.36. The number of hydrogen-bond donors (Lipinski definition) is 0. The Balaban J connectivity index is 1.75. The minimum absolute atomic E-state index is 0.228. The first-order valence-corrected chi connectivity index (χ1v) is 7.95. The Morgan fingerprint density at radius 3 is 2.84 bits per heavy atom. The van der Waals surface area contributed by atoms with Gasteiger partial charge in [0, 0.05) is 0 Å². The van der Waals surface area contributed by atoms with Gasteiger partial charge in [-0.3, -0.25) is 9.36 Å². The molecule has 25 heavy (non-hydrogen) atoms. The minimum atomic E-state index is -0.231. The third-order valence-corrected chi connectivity index (χ3v) is 4.28. The van der Waals surface area contributed by atoms with Gasteiger partial charge in [-0.05, 0) is 26.0 Å². The van der Waals surface area contributed by atoms with Crippen molar-refractivity contribution in [2.45, 2.75) is 20.4 Å². The molecule has 0 saturated carbocycles. The van der Waals surface area contributed by atoms with Crippen molar-refractivity contribution in [2.75, 3.05) is 0 Å². The molecule has 0 fully saturated rings. The number of benzene rings is 1. The molecule has 8 heteroatoms. The molecule has 4 rings (SSSR count). The second-order valence-corrected chi connectivity index (χ2v) is 6.03. The van der Waals surface area contributed by atoms with Crippen LogP contribution < -0.4 is 5.56 Å². The van der Waals surface area contributed by atoms with Crippen molar-refractivity contribution >= 4 is 22.7 Å². The molecule has 0 aliphatic heterocycles. The number of oxazole rings is 1. The van der Waals surface area contributed by atoms with Crippen molar-refractivity contribution in [2.24, 2.45) is 0 Å². The van der Waals surface area contributed by atoms with E-state index in [1.165, 1.54) is 10.9 Å². The summed E-state index contributed by atoms with van der Waals surface area (Å²) < 4.78 is 12.2. The Morgan fingerprint density at radius 2 is 2.04 bits per heavy atom. The van der Waals surface area contributed by atoms with Crippen LogP contribution in [0.1, 0.15) is 17.1 Å². The molecule has 0 saturated heterocycles. The summed E-state index contributed by atoms with van der Waals surface area (Å²) in [5.41, 5.74) is 1.84. The molecule has 3 aromatic heterocycles. The third kappa shape index (κ3) is 2.62. The van der Waals surface area contributed by atoms with Crippen molar-refractivity contribution in [3.8, 4) is 11.5 Å². The Morgan fingerprint density at radius 1 is 1.24 bits per heavy atom. The van der Waals surface area contributed by atoms with Crippen molar-refractivity contribution in [3.63, 3.8) is 0 Å². The van der Waals surface area contributed by atoms with Gasteiger partial charge in [0.05, 0.1) is 22.8 Å². The highest BCUT2D eigenvalue weighted by Crippen LogP contribution is 2.28. The molecule has 0 radical (unpaired) electrons. The van der Waals surface area contributed by atoms with E-state index in [4.69, 9.17) is 20.5 Å². The molecule has 0 aliphatic rings. The van der Waals surface area contributed by atoms with Crippen LogP contribution >= 0.6 is 11.6 Å². The number of aryl methyl sites for hydroxylation is 2. The second-order valence-electron chi connectivity index (χ2n) is 5.63. The van der Waals surface area contributed by atoms with E-state index in [1.807, 2.05) is 18.2 Å². The van der Waals surface area contributed by atoms with Crippen molar-refractivity contribution in [3.05, 3.63) is 63.1 Å². The van der Waals surface area contributed by atoms with E-state index in [9.17, 15) is 4.79 Å². The highest BCUT2D eigenvalue weighted by molar-refractivity contribution is 6.33. The molecule has 0 atom stereocenters. The molecule has 0 N–H and O–H groups in total. The van der Waals surface area contributed by atoms with Crippen LogP contribution in [0.5, 0.6) is 0 Å². The van der Waals surface area contributed by atoms with Gasteiger partial charge in [0.2, 0.25) is 5.89 Å². The van der Waals surface area contributed by atoms with Gasteiger partial charge in [-0.15, -0.1) is 0 Å². The monoisotopic (exact) mass is 356 g/mol. The quantitative estimate of drug-likeness (QED) is 0.559. The Hall–Kier alpha value is -2.93. The van der Waals surface area contributed by atoms with E-state index in [0.29, 0.717) is 39.0 Å². The summed E-state index contributed by atoms with van der Waals surface area (Å²) in [5, 5.41) is 4.70. The average molecular weight is 357 g/mol. The number of halogens is 1. The maximum atomic E-state index is 12.6. The largest absolute Gasteiger partial charge is 0.441 e. The number of hydrogen-bond acceptors (Lipinski definition) is 6. The van der Waals surface area contributed by atoms with Crippen LogP contribution in [0.3, 0.4) is 0 Å². The summed E-state index contributed by atoms with van der Waals surface area (Å²) in [6.07, 6.45) is 1.42. The number of nitrogens with zero attached hydrogens (tertiary/aromatic N) is 4. The molecule has 0 unspecified atom stereocenters. The van der Waals surface area contributed by atoms with E-state index in [0.717, 1.165) is 0 Å². The van der Waals surface area contributed by atoms with Crippen LogP contribution in [0, 0.1) is 13.8 Å². The van der Waals surface area contributed by atoms with E-state index in [-0.39, 0.29) is 17.8 Å². The lowest BCUT2D eigenvalue weighted by molar-refractivity contribution is 0.442. The lowest BCUT2D eigenvalue weighted by atomic mass is 10.2. The molecule has 7 nitrogen and oxygen atoms in total. The number of aromatic nitrogens is 4. The normalized spacial score (nSPS) is 11.3. The van der Waals surface area contributed by atoms with Gasteiger partial charge in [-0.2, -0.15) is 0 Å². The summed E-state index contributed by atoms with van der Waals surface area (Å²) >= 11 is 6.19. The van der Waals surface area contributed by atoms with E-state index >= 15 is 0 Å². The standard InChI is InChI=1S/C17H13ClN4O3/c1-9-14-16(25-21-9)19-8-22(17(14)23)7-13-10(2)24-15(20-13)11-5-3-4-6-12(11)18/h3-6,8H,7H2,1-2H3. The molecule has 0 amide bonds. The maximum Gasteiger partial charge on any atom is 0.266 e. The van der Waals surface area contributed by atoms with Crippen molar-refractivity contribution < 1.29 is 8.94 Å². The van der Waals surface area contributed by atoms with Gasteiger partial charge >= 0.3 is 0 Å². The number of fused-ring (bicyclic) bond motifs is 1. The first-order valence-electron chi connectivity index (χ1n) is 7.57. The lowest BCUT2D eigenvalue weighted by Gasteiger charge is -2.02. The summed E-state index contributed by atoms with van der Waals surface area (Å²) in [4.78, 5) is 21.2. The minimum Gasteiger partial charge on any atom is -0.441 e. The molecule has 126 valence electrons. The van der Waals surface area contributed by atoms with Gasteiger partial charge < -0.3 is 8.94 Å². The van der Waals surface area contributed by atoms with Gasteiger partial charge in [0.15, 0.2) is 0 Å². The molecule has 0 spiro atoms. The van der Waals surface area contributed by atoms with Gasteiger partial charge in [-0.25, -0.2) is 9.97 Å². The number of rotatable bonds is 3. The molecule has 1 aromatic carbocycles. The van der Waals surface area contributed by atoms with Crippen molar-refractivity contribution in [1.29, 1.82) is 0 Å². The zero-order chi connectivity index (χ0) is 17.6. The SMILES string of the molecule is Cc1oc(-c2ccccc2Cl)nc1Cn1cnc2onc(C)c2c1=O. The summed E-state index contributed by atoms with van der Waals surface area (Å²) in [7, 11) is 0. The smallest absolute Gasteiger partial charge is 0.266 e. The van der Waals surface area contributed by atoms with Gasteiger partial charge in [0.1, 0.15) is 23.2 Å². The van der Waals surface area contributed by atoms with Gasteiger partial charge in [-0.1, -0.05) is 28.9 Å². The van der Waals surface area contributed by atoms with Crippen molar-refractivity contribution in [1.82, 2.24) is 19.7 Å². The van der Waals surface area contributed by atoms with E-state index in [1.54, 1.807) is 19.9 Å². The van der Waals surface area contributed by atoms with E-state index < -0.39 is 0 Å². The summed E-state index contributed by atoms with van der Waals surface area (Å²) in [6, 6.07) is 7.30. The topological polar surface area (TPSA) is 86.9 Å². The Labute approximate surface area is 146 Å². The summed E-state index contributed by atoms with van der Waals surface area (Å²) in [5.74, 6) is 1.03. The second kappa shape index (κ2) is 5.86. The average Bonchev–Trinajstić information content (AvgIpc) is 3.14. The predicted molar refractivity (Wildman–Crippen MR) is 91.6 cm³/mol. The molecule has 3 heterocycles. The highest BCUT2D eigenvalue weighted by atomic mass is 35.5. The highest BCUT2D eigenvalue weighted by Gasteiger charge is 2.17. The van der Waals surface area contributed by atoms with Crippen LogP contribution in [-0.2, 0) is 6.54 Å². The van der Waals surface area contributed by atoms with Crippen LogP contribution in [-0.4, -0.2) is 19.7 Å². The van der Waals surface area contributed by atoms with E-state index in [2.05, 4.69) is 15.1 Å². The fraction of sp³-hybridized carbons (Fsp3) is 0.176. The molecular formula is C17H13ClN4O3. The molecular weight excluding hydrogens is 344 g/mol. The Bertz CT molecular complexity index is 1140. The summed E-state index contributed by atoms with van der Waals surface area (Å²) in [6.45, 7) is 3.73. The van der Waals surface area contributed by atoms with Crippen LogP contribution in [0.2, 0.25) is 5.02 Å². The van der Waals surface area contributed by atoms with Crippen LogP contribution in [0.15, 0.2) is 44.3 Å². The fourth-order valence-electron chi connectivity index (χ4n) is 2.61. The maximum absolute atomic E-state index is 12.6. The molecule has 4 aromatic rings. The first-order chi connectivity index (χ1) is 12.0. The third-order valence-electron chi connectivity index (χ3n) is 3.95. The van der Waals surface area contributed by atoms with Crippen LogP contribution in [0.25, 0.3) is 22.6 Å². The molecule has 0 aliphatic carbocycles. The first kappa shape index (κ1) is 15.6. The van der Waals surface area contributed by atoms with Crippen LogP contribution in [0.4, 0.5) is 0 Å². The lowest BCUT2D eigenvalue weighted by Crippen LogP contribution is -2.21. The van der Waals surface area contributed by atoms with Gasteiger partial charge in [0.25, 0.3) is 11.3 Å².